The van der Waals surface area contributed by atoms with Crippen molar-refractivity contribution in [1.29, 1.82) is 0 Å². The number of halogens is 3. The standard InChI is InChI=1S/C14H14BrClFNS/c1-2-18-13(14-11(15)5-6-19-14)7-9-3-4-10(17)8-12(9)16/h3-6,8,13,18H,2,7H2,1H3. The van der Waals surface area contributed by atoms with Crippen molar-refractivity contribution in [2.75, 3.05) is 6.54 Å². The molecule has 19 heavy (non-hydrogen) atoms. The molecule has 2 aromatic rings. The molecule has 5 heteroatoms. The third kappa shape index (κ3) is 3.78. The van der Waals surface area contributed by atoms with Crippen LogP contribution in [0.1, 0.15) is 23.4 Å². The fourth-order valence-corrected chi connectivity index (χ4v) is 3.94. The zero-order valence-electron chi connectivity index (χ0n) is 10.4. The molecular weight excluding hydrogens is 349 g/mol. The summed E-state index contributed by atoms with van der Waals surface area (Å²) in [6.45, 7) is 2.94. The van der Waals surface area contributed by atoms with Crippen LogP contribution >= 0.6 is 38.9 Å². The van der Waals surface area contributed by atoms with Gasteiger partial charge in [0.25, 0.3) is 0 Å². The third-order valence-electron chi connectivity index (χ3n) is 2.85. The molecule has 0 aliphatic heterocycles. The van der Waals surface area contributed by atoms with E-state index in [2.05, 4.69) is 33.6 Å². The first-order valence-electron chi connectivity index (χ1n) is 6.02. The van der Waals surface area contributed by atoms with Crippen LogP contribution in [0.15, 0.2) is 34.1 Å². The van der Waals surface area contributed by atoms with Gasteiger partial charge in [-0.3, -0.25) is 0 Å². The van der Waals surface area contributed by atoms with Crippen LogP contribution in [0, 0.1) is 5.82 Å². The van der Waals surface area contributed by atoms with Crippen LogP contribution in [0.3, 0.4) is 0 Å². The molecule has 0 bridgehead atoms. The van der Waals surface area contributed by atoms with Crippen LogP contribution in [-0.2, 0) is 6.42 Å². The van der Waals surface area contributed by atoms with Gasteiger partial charge in [0.2, 0.25) is 0 Å². The van der Waals surface area contributed by atoms with Crippen LogP contribution < -0.4 is 5.32 Å². The predicted molar refractivity (Wildman–Crippen MR) is 83.6 cm³/mol. The molecule has 1 aromatic carbocycles. The summed E-state index contributed by atoms with van der Waals surface area (Å²) in [5.74, 6) is -0.300. The lowest BCUT2D eigenvalue weighted by atomic mass is 10.0. The Morgan fingerprint density at radius 3 is 2.79 bits per heavy atom. The Morgan fingerprint density at radius 1 is 1.42 bits per heavy atom. The van der Waals surface area contributed by atoms with E-state index in [9.17, 15) is 4.39 Å². The molecule has 0 spiro atoms. The average Bonchev–Trinajstić information content (AvgIpc) is 2.78. The molecule has 1 heterocycles. The third-order valence-corrected chi connectivity index (χ3v) is 5.19. The van der Waals surface area contributed by atoms with Crippen LogP contribution in [0.2, 0.25) is 5.02 Å². The normalized spacial score (nSPS) is 12.6. The van der Waals surface area contributed by atoms with Crippen molar-refractivity contribution in [3.8, 4) is 0 Å². The van der Waals surface area contributed by atoms with E-state index < -0.39 is 0 Å². The summed E-state index contributed by atoms with van der Waals surface area (Å²) in [4.78, 5) is 1.24. The summed E-state index contributed by atoms with van der Waals surface area (Å²) in [5, 5.41) is 5.98. The summed E-state index contributed by atoms with van der Waals surface area (Å²) >= 11 is 11.4. The lowest BCUT2D eigenvalue weighted by molar-refractivity contribution is 0.555. The van der Waals surface area contributed by atoms with Gasteiger partial charge >= 0.3 is 0 Å². The molecule has 0 aliphatic carbocycles. The van der Waals surface area contributed by atoms with Crippen molar-refractivity contribution >= 4 is 38.9 Å². The van der Waals surface area contributed by atoms with Gasteiger partial charge in [-0.15, -0.1) is 11.3 Å². The first-order valence-corrected chi connectivity index (χ1v) is 8.07. The lowest BCUT2D eigenvalue weighted by Crippen LogP contribution is -2.22. The predicted octanol–water partition coefficient (Wildman–Crippen LogP) is 5.20. The summed E-state index contributed by atoms with van der Waals surface area (Å²) in [6.07, 6.45) is 0.742. The van der Waals surface area contributed by atoms with Crippen molar-refractivity contribution in [3.05, 3.63) is 55.4 Å². The molecule has 2 rings (SSSR count). The van der Waals surface area contributed by atoms with Gasteiger partial charge in [-0.25, -0.2) is 4.39 Å². The Bertz CT molecular complexity index is 558. The molecule has 102 valence electrons. The first-order chi connectivity index (χ1) is 9.11. The van der Waals surface area contributed by atoms with Crippen molar-refractivity contribution in [2.24, 2.45) is 0 Å². The van der Waals surface area contributed by atoms with Crippen LogP contribution in [0.5, 0.6) is 0 Å². The summed E-state index contributed by atoms with van der Waals surface area (Å²) in [6, 6.07) is 6.79. The number of hydrogen-bond donors (Lipinski definition) is 1. The van der Waals surface area contributed by atoms with E-state index in [1.165, 1.54) is 17.0 Å². The average molecular weight is 363 g/mol. The van der Waals surface area contributed by atoms with Crippen LogP contribution in [0.25, 0.3) is 0 Å². The quantitative estimate of drug-likeness (QED) is 0.771. The second kappa shape index (κ2) is 6.84. The molecule has 1 unspecified atom stereocenters. The fourth-order valence-electron chi connectivity index (χ4n) is 1.97. The SMILES string of the molecule is CCNC(Cc1ccc(F)cc1Cl)c1sccc1Br. The molecule has 0 amide bonds. The van der Waals surface area contributed by atoms with E-state index >= 15 is 0 Å². The highest BCUT2D eigenvalue weighted by Crippen LogP contribution is 2.32. The second-order valence-corrected chi connectivity index (χ2v) is 6.39. The van der Waals surface area contributed by atoms with Gasteiger partial charge in [0.05, 0.1) is 0 Å². The Hall–Kier alpha value is -0.420. The number of thiophene rings is 1. The van der Waals surface area contributed by atoms with E-state index in [4.69, 9.17) is 11.6 Å². The van der Waals surface area contributed by atoms with Gasteiger partial charge in [-0.2, -0.15) is 0 Å². The second-order valence-electron chi connectivity index (χ2n) is 4.18. The van der Waals surface area contributed by atoms with E-state index in [-0.39, 0.29) is 11.9 Å². The maximum atomic E-state index is 13.1. The molecule has 1 N–H and O–H groups in total. The van der Waals surface area contributed by atoms with Crippen molar-refractivity contribution in [3.63, 3.8) is 0 Å². The molecule has 0 radical (unpaired) electrons. The number of nitrogens with one attached hydrogen (secondary N) is 1. The molecule has 1 aromatic heterocycles. The molecule has 0 fully saturated rings. The van der Waals surface area contributed by atoms with E-state index in [0.717, 1.165) is 23.0 Å². The minimum atomic E-state index is -0.300. The minimum absolute atomic E-state index is 0.183. The van der Waals surface area contributed by atoms with Crippen molar-refractivity contribution in [1.82, 2.24) is 5.32 Å². The Labute approximate surface area is 129 Å². The largest absolute Gasteiger partial charge is 0.309 e. The molecule has 0 saturated heterocycles. The fraction of sp³-hybridized carbons (Fsp3) is 0.286. The first kappa shape index (κ1) is 15.0. The molecule has 0 saturated carbocycles. The summed E-state index contributed by atoms with van der Waals surface area (Å²) < 4.78 is 14.2. The smallest absolute Gasteiger partial charge is 0.124 e. The Morgan fingerprint density at radius 2 is 2.21 bits per heavy atom. The number of rotatable bonds is 5. The van der Waals surface area contributed by atoms with E-state index in [1.54, 1.807) is 17.4 Å². The molecule has 1 nitrogen and oxygen atoms in total. The number of hydrogen-bond acceptors (Lipinski definition) is 2. The van der Waals surface area contributed by atoms with Crippen molar-refractivity contribution < 1.29 is 4.39 Å². The molecular formula is C14H14BrClFNS. The van der Waals surface area contributed by atoms with Gasteiger partial charge in [0.15, 0.2) is 0 Å². The van der Waals surface area contributed by atoms with Crippen molar-refractivity contribution in [2.45, 2.75) is 19.4 Å². The molecule has 0 aliphatic rings. The van der Waals surface area contributed by atoms with Gasteiger partial charge in [-0.05, 0) is 58.0 Å². The maximum Gasteiger partial charge on any atom is 0.124 e. The highest BCUT2D eigenvalue weighted by Gasteiger charge is 2.17. The number of benzene rings is 1. The topological polar surface area (TPSA) is 12.0 Å². The van der Waals surface area contributed by atoms with Gasteiger partial charge in [-0.1, -0.05) is 24.6 Å². The summed E-state index contributed by atoms with van der Waals surface area (Å²) in [5.41, 5.74) is 0.953. The molecule has 1 atom stereocenters. The van der Waals surface area contributed by atoms with Crippen LogP contribution in [0.4, 0.5) is 4.39 Å². The maximum absolute atomic E-state index is 13.1. The monoisotopic (exact) mass is 361 g/mol. The highest BCUT2D eigenvalue weighted by atomic mass is 79.9. The van der Waals surface area contributed by atoms with Gasteiger partial charge in [0.1, 0.15) is 5.82 Å². The van der Waals surface area contributed by atoms with Gasteiger partial charge < -0.3 is 5.32 Å². The number of likely N-dealkylation sites (N-methyl/N-ethyl adjacent to an activating group) is 1. The van der Waals surface area contributed by atoms with Gasteiger partial charge in [0, 0.05) is 20.4 Å². The minimum Gasteiger partial charge on any atom is -0.309 e. The van der Waals surface area contributed by atoms with Crippen LogP contribution in [-0.4, -0.2) is 6.54 Å². The Balaban J connectivity index is 2.24. The Kier molecular flexibility index (Phi) is 5.39. The van der Waals surface area contributed by atoms with E-state index in [1.807, 2.05) is 6.07 Å². The van der Waals surface area contributed by atoms with E-state index in [0.29, 0.717) is 5.02 Å². The zero-order valence-corrected chi connectivity index (χ0v) is 13.6. The zero-order chi connectivity index (χ0) is 13.8. The highest BCUT2D eigenvalue weighted by molar-refractivity contribution is 9.10. The summed E-state index contributed by atoms with van der Waals surface area (Å²) in [7, 11) is 0. The lowest BCUT2D eigenvalue weighted by Gasteiger charge is -2.18.